The highest BCUT2D eigenvalue weighted by atomic mass is 79.9. The van der Waals surface area contributed by atoms with Crippen molar-refractivity contribution in [1.82, 2.24) is 4.57 Å². The Morgan fingerprint density at radius 2 is 1.86 bits per heavy atom. The number of halogens is 5. The number of pyridine rings is 1. The average Bonchev–Trinajstić information content (AvgIpc) is 2.42. The lowest BCUT2D eigenvalue weighted by molar-refractivity contribution is 0.583. The predicted molar refractivity (Wildman–Crippen MR) is 87.3 cm³/mol. The maximum Gasteiger partial charge on any atom is 0.269 e. The molecule has 1 aromatic heterocycles. The van der Waals surface area contributed by atoms with E-state index < -0.39 is 20.9 Å². The topological polar surface area (TPSA) is 22.0 Å². The minimum absolute atomic E-state index is 0.00347. The molecular weight excluding hydrogens is 431 g/mol. The van der Waals surface area contributed by atoms with E-state index in [9.17, 15) is 13.6 Å². The number of rotatable bonds is 3. The van der Waals surface area contributed by atoms with Gasteiger partial charge in [0.1, 0.15) is 16.7 Å². The van der Waals surface area contributed by atoms with Crippen LogP contribution in [0.4, 0.5) is 8.78 Å². The predicted octanol–water partition coefficient (Wildman–Crippen LogP) is 5.26. The van der Waals surface area contributed by atoms with Crippen molar-refractivity contribution in [1.29, 1.82) is 0 Å². The zero-order chi connectivity index (χ0) is 15.7. The first-order chi connectivity index (χ1) is 9.88. The average molecular weight is 441 g/mol. The van der Waals surface area contributed by atoms with Crippen LogP contribution in [0.25, 0.3) is 11.3 Å². The lowest BCUT2D eigenvalue weighted by Crippen LogP contribution is -2.23. The fourth-order valence-corrected chi connectivity index (χ4v) is 3.04. The summed E-state index contributed by atoms with van der Waals surface area (Å²) in [4.78, 5) is 12.1. The van der Waals surface area contributed by atoms with Gasteiger partial charge in [-0.1, -0.05) is 49.5 Å². The van der Waals surface area contributed by atoms with Gasteiger partial charge in [-0.2, -0.15) is 0 Å². The summed E-state index contributed by atoms with van der Waals surface area (Å²) in [6.07, 6.45) is 0. The molecule has 0 unspecified atom stereocenters. The second-order valence-electron chi connectivity index (χ2n) is 4.24. The summed E-state index contributed by atoms with van der Waals surface area (Å²) in [5.41, 5.74) is -0.0834. The van der Waals surface area contributed by atoms with E-state index in [1.165, 1.54) is 16.7 Å². The van der Waals surface area contributed by atoms with E-state index in [2.05, 4.69) is 31.9 Å². The highest BCUT2D eigenvalue weighted by Gasteiger charge is 2.23. The molecule has 1 heterocycles. The summed E-state index contributed by atoms with van der Waals surface area (Å²) in [7, 11) is 0. The van der Waals surface area contributed by atoms with E-state index in [1.54, 1.807) is 6.92 Å². The maximum absolute atomic E-state index is 14.1. The second kappa shape index (κ2) is 6.58. The Labute approximate surface area is 142 Å². The van der Waals surface area contributed by atoms with Gasteiger partial charge in [0, 0.05) is 12.1 Å². The number of nitrogens with zero attached hydrogens (tertiary/aromatic N) is 1. The van der Waals surface area contributed by atoms with Gasteiger partial charge < -0.3 is 4.57 Å². The van der Waals surface area contributed by atoms with Crippen LogP contribution in [-0.4, -0.2) is 4.57 Å². The van der Waals surface area contributed by atoms with E-state index >= 15 is 0 Å². The van der Waals surface area contributed by atoms with Crippen LogP contribution in [0.15, 0.2) is 29.1 Å². The molecular formula is C14H10Br2ClF2NO. The van der Waals surface area contributed by atoms with Gasteiger partial charge in [-0.25, -0.2) is 8.78 Å². The molecule has 112 valence electrons. The van der Waals surface area contributed by atoms with E-state index in [1.807, 2.05) is 0 Å². The molecule has 2 aromatic rings. The third kappa shape index (κ3) is 3.07. The van der Waals surface area contributed by atoms with Gasteiger partial charge in [0.15, 0.2) is 0 Å². The molecule has 21 heavy (non-hydrogen) atoms. The summed E-state index contributed by atoms with van der Waals surface area (Å²) in [5, 5.41) is -0.00347. The molecule has 0 fully saturated rings. The second-order valence-corrected chi connectivity index (χ2v) is 7.71. The van der Waals surface area contributed by atoms with Gasteiger partial charge in [0.2, 0.25) is 0 Å². The van der Waals surface area contributed by atoms with Gasteiger partial charge in [-0.05, 0) is 25.1 Å². The number of hydrogen-bond donors (Lipinski definition) is 0. The summed E-state index contributed by atoms with van der Waals surface area (Å²) < 4.78 is 29.1. The molecule has 2 nitrogen and oxygen atoms in total. The van der Waals surface area contributed by atoms with E-state index in [0.29, 0.717) is 5.56 Å². The van der Waals surface area contributed by atoms with Crippen molar-refractivity contribution < 1.29 is 8.78 Å². The highest BCUT2D eigenvalue weighted by Crippen LogP contribution is 2.38. The van der Waals surface area contributed by atoms with Crippen LogP contribution in [-0.2, 0) is 6.54 Å². The number of benzene rings is 1. The first-order valence-corrected chi connectivity index (χ1v) is 8.25. The monoisotopic (exact) mass is 439 g/mol. The molecule has 0 N–H and O–H groups in total. The molecule has 0 aliphatic heterocycles. The summed E-state index contributed by atoms with van der Waals surface area (Å²) in [5.74, 6) is -1.47. The molecule has 0 saturated carbocycles. The van der Waals surface area contributed by atoms with Gasteiger partial charge in [0.05, 0.1) is 15.0 Å². The Morgan fingerprint density at radius 1 is 1.29 bits per heavy atom. The first-order valence-electron chi connectivity index (χ1n) is 6.04. The molecule has 0 spiro atoms. The van der Waals surface area contributed by atoms with E-state index in [-0.39, 0.29) is 22.8 Å². The molecule has 7 heteroatoms. The van der Waals surface area contributed by atoms with Crippen molar-refractivity contribution in [3.05, 3.63) is 56.8 Å². The van der Waals surface area contributed by atoms with Crippen LogP contribution in [0.1, 0.15) is 16.2 Å². The zero-order valence-corrected chi connectivity index (χ0v) is 14.8. The maximum atomic E-state index is 14.1. The minimum Gasteiger partial charge on any atom is -0.307 e. The lowest BCUT2D eigenvalue weighted by atomic mass is 10.0. The molecule has 0 atom stereocenters. The van der Waals surface area contributed by atoms with Crippen molar-refractivity contribution in [2.24, 2.45) is 0 Å². The Morgan fingerprint density at radius 3 is 2.33 bits per heavy atom. The molecule has 1 aromatic carbocycles. The zero-order valence-electron chi connectivity index (χ0n) is 10.8. The van der Waals surface area contributed by atoms with Crippen LogP contribution in [0.3, 0.4) is 0 Å². The molecule has 0 amide bonds. The first kappa shape index (κ1) is 16.6. The SMILES string of the molecule is CCn1c(-c2c(F)cccc2F)c(C(Br)Br)cc(Cl)c1=O. The molecule has 0 radical (unpaired) electrons. The summed E-state index contributed by atoms with van der Waals surface area (Å²) >= 11 is 12.5. The van der Waals surface area contributed by atoms with Crippen molar-refractivity contribution in [2.45, 2.75) is 17.2 Å². The van der Waals surface area contributed by atoms with Crippen molar-refractivity contribution in [2.75, 3.05) is 0 Å². The fraction of sp³-hybridized carbons (Fsp3) is 0.214. The third-order valence-corrected chi connectivity index (χ3v) is 4.28. The quantitative estimate of drug-likeness (QED) is 0.596. The molecule has 0 aliphatic carbocycles. The van der Waals surface area contributed by atoms with Crippen molar-refractivity contribution >= 4 is 43.5 Å². The Balaban J connectivity index is 2.96. The Hall–Kier alpha value is -0.720. The van der Waals surface area contributed by atoms with Crippen molar-refractivity contribution in [3.8, 4) is 11.3 Å². The Kier molecular flexibility index (Phi) is 5.22. The number of aromatic nitrogens is 1. The Bertz CT molecular complexity index is 726. The molecule has 0 aliphatic rings. The van der Waals surface area contributed by atoms with Gasteiger partial charge in [0.25, 0.3) is 5.56 Å². The normalized spacial score (nSPS) is 11.2. The largest absolute Gasteiger partial charge is 0.307 e. The van der Waals surface area contributed by atoms with Crippen LogP contribution in [0.2, 0.25) is 5.02 Å². The third-order valence-electron chi connectivity index (χ3n) is 3.03. The minimum atomic E-state index is -0.735. The lowest BCUT2D eigenvalue weighted by Gasteiger charge is -2.18. The molecule has 2 rings (SSSR count). The van der Waals surface area contributed by atoms with Crippen LogP contribution in [0, 0.1) is 11.6 Å². The van der Waals surface area contributed by atoms with E-state index in [4.69, 9.17) is 11.6 Å². The smallest absolute Gasteiger partial charge is 0.269 e. The fourth-order valence-electron chi connectivity index (χ4n) is 2.12. The number of hydrogen-bond acceptors (Lipinski definition) is 1. The summed E-state index contributed by atoms with van der Waals surface area (Å²) in [6.45, 7) is 1.95. The van der Waals surface area contributed by atoms with Gasteiger partial charge in [-0.3, -0.25) is 4.79 Å². The van der Waals surface area contributed by atoms with Crippen molar-refractivity contribution in [3.63, 3.8) is 0 Å². The van der Waals surface area contributed by atoms with Crippen LogP contribution < -0.4 is 5.56 Å². The van der Waals surface area contributed by atoms with Gasteiger partial charge >= 0.3 is 0 Å². The molecule has 0 bridgehead atoms. The van der Waals surface area contributed by atoms with E-state index in [0.717, 1.165) is 12.1 Å². The van der Waals surface area contributed by atoms with Crippen LogP contribution >= 0.6 is 43.5 Å². The van der Waals surface area contributed by atoms with Gasteiger partial charge in [-0.15, -0.1) is 0 Å². The summed E-state index contributed by atoms with van der Waals surface area (Å²) in [6, 6.07) is 4.99. The standard InChI is InChI=1S/C14H10Br2ClF2NO/c1-2-20-12(11-9(18)4-3-5-10(11)19)7(13(15)16)6-8(17)14(20)21/h3-6,13H,2H2,1H3. The number of alkyl halides is 2. The van der Waals surface area contributed by atoms with Crippen LogP contribution in [0.5, 0.6) is 0 Å². The highest BCUT2D eigenvalue weighted by molar-refractivity contribution is 9.24. The molecule has 0 saturated heterocycles.